The molecule has 0 saturated carbocycles. The zero-order chi connectivity index (χ0) is 12.6. The third-order valence-electron chi connectivity index (χ3n) is 2.99. The predicted molar refractivity (Wildman–Crippen MR) is 70.9 cm³/mol. The van der Waals surface area contributed by atoms with Crippen LogP contribution in [-0.4, -0.2) is 11.1 Å². The van der Waals surface area contributed by atoms with Gasteiger partial charge in [-0.05, 0) is 54.5 Å². The smallest absolute Gasteiger partial charge is 0.346 e. The molecule has 0 bridgehead atoms. The molecule has 0 radical (unpaired) electrons. The summed E-state index contributed by atoms with van der Waals surface area (Å²) in [7, 11) is 0. The first-order chi connectivity index (χ1) is 8.00. The summed E-state index contributed by atoms with van der Waals surface area (Å²) >= 11 is 1.27. The lowest BCUT2D eigenvalue weighted by atomic mass is 9.96. The Morgan fingerprint density at radius 2 is 1.71 bits per heavy atom. The fourth-order valence-electron chi connectivity index (χ4n) is 1.94. The van der Waals surface area contributed by atoms with E-state index in [9.17, 15) is 4.79 Å². The molecule has 0 fully saturated rings. The van der Waals surface area contributed by atoms with Crippen LogP contribution in [0.25, 0.3) is 11.1 Å². The average Bonchev–Trinajstić information content (AvgIpc) is 2.72. The lowest BCUT2D eigenvalue weighted by Gasteiger charge is -2.09. The summed E-state index contributed by atoms with van der Waals surface area (Å²) in [5.74, 6) is -0.854. The lowest BCUT2D eigenvalue weighted by molar-refractivity contribution is 0.0703. The summed E-state index contributed by atoms with van der Waals surface area (Å²) in [5, 5.41) is 11.0. The van der Waals surface area contributed by atoms with Gasteiger partial charge in [-0.3, -0.25) is 0 Å². The molecule has 17 heavy (non-hydrogen) atoms. The summed E-state index contributed by atoms with van der Waals surface area (Å²) in [6, 6.07) is 6.05. The summed E-state index contributed by atoms with van der Waals surface area (Å²) in [6.07, 6.45) is 0. The second kappa shape index (κ2) is 4.34. The third-order valence-corrected chi connectivity index (χ3v) is 3.89. The van der Waals surface area contributed by atoms with Crippen LogP contribution < -0.4 is 0 Å². The van der Waals surface area contributed by atoms with E-state index in [4.69, 9.17) is 5.11 Å². The number of aromatic carboxylic acids is 1. The molecule has 0 unspecified atom stereocenters. The van der Waals surface area contributed by atoms with Gasteiger partial charge in [0.25, 0.3) is 0 Å². The quantitative estimate of drug-likeness (QED) is 0.868. The monoisotopic (exact) mass is 246 g/mol. The first kappa shape index (κ1) is 11.9. The van der Waals surface area contributed by atoms with Gasteiger partial charge in [0.1, 0.15) is 4.88 Å². The van der Waals surface area contributed by atoms with Gasteiger partial charge in [0.15, 0.2) is 0 Å². The maximum atomic E-state index is 11.1. The summed E-state index contributed by atoms with van der Waals surface area (Å²) in [5.41, 5.74) is 5.38. The topological polar surface area (TPSA) is 37.3 Å². The van der Waals surface area contributed by atoms with Crippen molar-refractivity contribution in [3.05, 3.63) is 45.1 Å². The van der Waals surface area contributed by atoms with Gasteiger partial charge < -0.3 is 5.11 Å². The Bertz CT molecular complexity index is 582. The van der Waals surface area contributed by atoms with E-state index in [2.05, 4.69) is 19.1 Å². The van der Waals surface area contributed by atoms with Crippen LogP contribution in [0.5, 0.6) is 0 Å². The highest BCUT2D eigenvalue weighted by Gasteiger charge is 2.15. The minimum atomic E-state index is -0.854. The minimum Gasteiger partial charge on any atom is -0.477 e. The average molecular weight is 246 g/mol. The second-order valence-electron chi connectivity index (χ2n) is 4.22. The molecule has 88 valence electrons. The molecule has 2 nitrogen and oxygen atoms in total. The van der Waals surface area contributed by atoms with Crippen LogP contribution in [0.1, 0.15) is 26.4 Å². The Labute approximate surface area is 105 Å². The molecule has 0 aliphatic rings. The Balaban J connectivity index is 2.64. The number of hydrogen-bond acceptors (Lipinski definition) is 2. The predicted octanol–water partition coefficient (Wildman–Crippen LogP) is 4.04. The fraction of sp³-hybridized carbons (Fsp3) is 0.214. The van der Waals surface area contributed by atoms with Crippen molar-refractivity contribution in [3.63, 3.8) is 0 Å². The van der Waals surface area contributed by atoms with Gasteiger partial charge in [-0.1, -0.05) is 12.1 Å². The van der Waals surface area contributed by atoms with Gasteiger partial charge in [0.2, 0.25) is 0 Å². The van der Waals surface area contributed by atoms with Crippen molar-refractivity contribution < 1.29 is 9.90 Å². The molecule has 3 heteroatoms. The number of benzene rings is 1. The highest BCUT2D eigenvalue weighted by molar-refractivity contribution is 7.12. The standard InChI is InChI=1S/C14H14O2S/c1-8-6-10(3)12(7-9(8)2)11-4-5-17-13(11)14(15)16/h4-7H,1-3H3,(H,15,16). The zero-order valence-corrected chi connectivity index (χ0v) is 10.9. The second-order valence-corrected chi connectivity index (χ2v) is 5.14. The van der Waals surface area contributed by atoms with Crippen LogP contribution in [-0.2, 0) is 0 Å². The van der Waals surface area contributed by atoms with E-state index in [0.29, 0.717) is 4.88 Å². The molecule has 1 aromatic carbocycles. The van der Waals surface area contributed by atoms with Crippen molar-refractivity contribution in [2.75, 3.05) is 0 Å². The normalized spacial score (nSPS) is 10.5. The highest BCUT2D eigenvalue weighted by atomic mass is 32.1. The van der Waals surface area contributed by atoms with E-state index in [1.807, 2.05) is 25.3 Å². The Hall–Kier alpha value is -1.61. The largest absolute Gasteiger partial charge is 0.477 e. The van der Waals surface area contributed by atoms with Gasteiger partial charge in [0, 0.05) is 5.56 Å². The van der Waals surface area contributed by atoms with Crippen molar-refractivity contribution in [3.8, 4) is 11.1 Å². The van der Waals surface area contributed by atoms with Gasteiger partial charge >= 0.3 is 5.97 Å². The molecule has 1 heterocycles. The van der Waals surface area contributed by atoms with Crippen LogP contribution >= 0.6 is 11.3 Å². The van der Waals surface area contributed by atoms with Crippen molar-refractivity contribution in [2.45, 2.75) is 20.8 Å². The Kier molecular flexibility index (Phi) is 3.03. The fourth-order valence-corrected chi connectivity index (χ4v) is 2.68. The van der Waals surface area contributed by atoms with Crippen LogP contribution in [0, 0.1) is 20.8 Å². The van der Waals surface area contributed by atoms with Crippen molar-refractivity contribution in [2.24, 2.45) is 0 Å². The van der Waals surface area contributed by atoms with E-state index in [1.54, 1.807) is 0 Å². The molecule has 1 N–H and O–H groups in total. The molecule has 0 aliphatic heterocycles. The van der Waals surface area contributed by atoms with Crippen molar-refractivity contribution >= 4 is 17.3 Å². The summed E-state index contributed by atoms with van der Waals surface area (Å²) in [6.45, 7) is 6.13. The molecule has 0 amide bonds. The number of aryl methyl sites for hydroxylation is 3. The van der Waals surface area contributed by atoms with E-state index in [1.165, 1.54) is 22.5 Å². The molecular weight excluding hydrogens is 232 g/mol. The van der Waals surface area contributed by atoms with E-state index < -0.39 is 5.97 Å². The van der Waals surface area contributed by atoms with Crippen molar-refractivity contribution in [1.29, 1.82) is 0 Å². The van der Waals surface area contributed by atoms with Gasteiger partial charge in [-0.2, -0.15) is 0 Å². The van der Waals surface area contributed by atoms with E-state index in [0.717, 1.165) is 16.7 Å². The minimum absolute atomic E-state index is 0.413. The first-order valence-electron chi connectivity index (χ1n) is 5.39. The molecule has 0 saturated heterocycles. The number of thiophene rings is 1. The summed E-state index contributed by atoms with van der Waals surface area (Å²) in [4.78, 5) is 11.5. The van der Waals surface area contributed by atoms with Crippen LogP contribution in [0.2, 0.25) is 0 Å². The SMILES string of the molecule is Cc1cc(C)c(-c2ccsc2C(=O)O)cc1C. The lowest BCUT2D eigenvalue weighted by Crippen LogP contribution is -1.96. The zero-order valence-electron chi connectivity index (χ0n) is 10.1. The highest BCUT2D eigenvalue weighted by Crippen LogP contribution is 2.32. The van der Waals surface area contributed by atoms with Crippen LogP contribution in [0.4, 0.5) is 0 Å². The van der Waals surface area contributed by atoms with Crippen molar-refractivity contribution in [1.82, 2.24) is 0 Å². The van der Waals surface area contributed by atoms with Gasteiger partial charge in [0.05, 0.1) is 0 Å². The number of carbonyl (C=O) groups is 1. The van der Waals surface area contributed by atoms with E-state index >= 15 is 0 Å². The van der Waals surface area contributed by atoms with Gasteiger partial charge in [-0.25, -0.2) is 4.79 Å². The Morgan fingerprint density at radius 1 is 1.06 bits per heavy atom. The number of hydrogen-bond donors (Lipinski definition) is 1. The number of carboxylic acid groups (broad SMARTS) is 1. The molecule has 2 aromatic rings. The molecule has 0 spiro atoms. The third kappa shape index (κ3) is 2.11. The maximum Gasteiger partial charge on any atom is 0.346 e. The maximum absolute atomic E-state index is 11.1. The molecule has 0 atom stereocenters. The first-order valence-corrected chi connectivity index (χ1v) is 6.27. The number of carboxylic acids is 1. The number of rotatable bonds is 2. The molecule has 0 aliphatic carbocycles. The Morgan fingerprint density at radius 3 is 2.35 bits per heavy atom. The van der Waals surface area contributed by atoms with E-state index in [-0.39, 0.29) is 0 Å². The van der Waals surface area contributed by atoms with Gasteiger partial charge in [-0.15, -0.1) is 11.3 Å². The summed E-state index contributed by atoms with van der Waals surface area (Å²) < 4.78 is 0. The van der Waals surface area contributed by atoms with Crippen LogP contribution in [0.15, 0.2) is 23.6 Å². The molecule has 1 aromatic heterocycles. The van der Waals surface area contributed by atoms with Crippen LogP contribution in [0.3, 0.4) is 0 Å². The molecule has 2 rings (SSSR count). The molecular formula is C14H14O2S.